The Kier molecular flexibility index (Phi) is 5.58. The number of carboxylic acids is 1. The minimum atomic E-state index is -0.878. The van der Waals surface area contributed by atoms with Crippen LogP contribution in [-0.4, -0.2) is 11.1 Å². The molecule has 4 heteroatoms. The van der Waals surface area contributed by atoms with Crippen LogP contribution in [0.4, 0.5) is 0 Å². The van der Waals surface area contributed by atoms with Crippen LogP contribution in [0.15, 0.2) is 42.5 Å². The molecule has 83 valence electrons. The van der Waals surface area contributed by atoms with Gasteiger partial charge in [0.2, 0.25) is 0 Å². The van der Waals surface area contributed by atoms with Crippen LogP contribution >= 0.6 is 0 Å². The fourth-order valence-corrected chi connectivity index (χ4v) is 1.41. The zero-order valence-corrected chi connectivity index (χ0v) is 9.58. The van der Waals surface area contributed by atoms with E-state index in [0.29, 0.717) is 5.56 Å². The third-order valence-corrected chi connectivity index (χ3v) is 2.02. The molecule has 2 nitrogen and oxygen atoms in total. The number of aromatic carboxylic acids is 1. The van der Waals surface area contributed by atoms with Gasteiger partial charge in [0.25, 0.3) is 0 Å². The molecule has 0 bridgehead atoms. The molecule has 15 heavy (non-hydrogen) atoms. The summed E-state index contributed by atoms with van der Waals surface area (Å²) >= 11 is 0. The van der Waals surface area contributed by atoms with Gasteiger partial charge < -0.3 is 5.11 Å². The minimum absolute atomic E-state index is 0. The van der Waals surface area contributed by atoms with Crippen molar-refractivity contribution in [2.24, 2.45) is 0 Å². The zero-order valence-electron chi connectivity index (χ0n) is 7.55. The van der Waals surface area contributed by atoms with E-state index in [9.17, 15) is 4.79 Å². The van der Waals surface area contributed by atoms with Gasteiger partial charge in [-0.05, 0) is 16.8 Å². The summed E-state index contributed by atoms with van der Waals surface area (Å²) in [6.07, 6.45) is 0. The first kappa shape index (κ1) is 14.2. The third-order valence-electron chi connectivity index (χ3n) is 2.02. The van der Waals surface area contributed by atoms with E-state index >= 15 is 0 Å². The Labute approximate surface area is 108 Å². The Bertz CT molecular complexity index is 466. The minimum Gasteiger partial charge on any atom is -0.478 e. The molecule has 0 spiro atoms. The van der Waals surface area contributed by atoms with E-state index in [1.165, 1.54) is 0 Å². The van der Waals surface area contributed by atoms with Gasteiger partial charge in [-0.2, -0.15) is 0 Å². The van der Waals surface area contributed by atoms with E-state index in [0.717, 1.165) is 10.8 Å². The fourth-order valence-electron chi connectivity index (χ4n) is 1.41. The van der Waals surface area contributed by atoms with E-state index in [-0.39, 0.29) is 33.3 Å². The number of hydrogen-bond donors (Lipinski definition) is 1. The maximum atomic E-state index is 10.8. The van der Waals surface area contributed by atoms with Crippen molar-refractivity contribution in [2.45, 2.75) is 0 Å². The summed E-state index contributed by atoms with van der Waals surface area (Å²) in [5.41, 5.74) is 0.359. The van der Waals surface area contributed by atoms with Crippen molar-refractivity contribution >= 4 is 16.7 Å². The quantitative estimate of drug-likeness (QED) is 0.819. The molecule has 0 unspecified atom stereocenters. The van der Waals surface area contributed by atoms with Gasteiger partial charge in [-0.1, -0.05) is 36.4 Å². The number of fused-ring (bicyclic) bond motifs is 1. The molecule has 1 N–H and O–H groups in total. The molecule has 2 rings (SSSR count). The Balaban J connectivity index is 0.000000980. The monoisotopic (exact) mass is 289 g/mol. The second-order valence-corrected chi connectivity index (χ2v) is 2.83. The SMILES string of the molecule is O=C(O)c1cccc2ccccc12.[Co].[Ni]. The maximum Gasteiger partial charge on any atom is 0.336 e. The van der Waals surface area contributed by atoms with Gasteiger partial charge in [0, 0.05) is 33.3 Å². The maximum absolute atomic E-state index is 10.8. The Hall–Kier alpha value is -0.830. The smallest absolute Gasteiger partial charge is 0.336 e. The van der Waals surface area contributed by atoms with Crippen LogP contribution in [0.3, 0.4) is 0 Å². The van der Waals surface area contributed by atoms with Crippen molar-refractivity contribution in [1.82, 2.24) is 0 Å². The van der Waals surface area contributed by atoms with E-state index in [2.05, 4.69) is 0 Å². The van der Waals surface area contributed by atoms with E-state index in [1.807, 2.05) is 30.3 Å². The summed E-state index contributed by atoms with van der Waals surface area (Å²) in [4.78, 5) is 10.8. The standard InChI is InChI=1S/C11H8O2.Co.Ni/c12-11(13)10-7-3-5-8-4-1-2-6-9(8)10;;/h1-7H,(H,12,13);;. The number of carbonyl (C=O) groups is 1. The van der Waals surface area contributed by atoms with Gasteiger partial charge in [-0.3, -0.25) is 0 Å². The molecule has 0 amide bonds. The molecule has 2 aromatic rings. The fraction of sp³-hybridized carbons (Fsp3) is 0. The predicted octanol–water partition coefficient (Wildman–Crippen LogP) is 2.53. The number of benzene rings is 2. The molecule has 0 fully saturated rings. The van der Waals surface area contributed by atoms with Crippen LogP contribution < -0.4 is 0 Å². The molecule has 0 saturated carbocycles. The van der Waals surface area contributed by atoms with Gasteiger partial charge in [-0.15, -0.1) is 0 Å². The second kappa shape index (κ2) is 5.91. The van der Waals surface area contributed by atoms with E-state index in [4.69, 9.17) is 5.11 Å². The molecule has 0 saturated heterocycles. The molecule has 1 radical (unpaired) electrons. The number of carboxylic acid groups (broad SMARTS) is 1. The zero-order chi connectivity index (χ0) is 9.26. The molecule has 0 atom stereocenters. The summed E-state index contributed by atoms with van der Waals surface area (Å²) in [6.45, 7) is 0. The van der Waals surface area contributed by atoms with Gasteiger partial charge in [0.1, 0.15) is 0 Å². The summed E-state index contributed by atoms with van der Waals surface area (Å²) < 4.78 is 0. The Morgan fingerprint density at radius 2 is 1.60 bits per heavy atom. The van der Waals surface area contributed by atoms with Crippen LogP contribution in [0, 0.1) is 0 Å². The van der Waals surface area contributed by atoms with Gasteiger partial charge in [0.15, 0.2) is 0 Å². The first-order valence-corrected chi connectivity index (χ1v) is 4.00. The number of rotatable bonds is 1. The third kappa shape index (κ3) is 2.81. The van der Waals surface area contributed by atoms with Crippen molar-refractivity contribution < 1.29 is 43.2 Å². The normalized spacial score (nSPS) is 8.80. The average Bonchev–Trinajstić information content (AvgIpc) is 2.17. The van der Waals surface area contributed by atoms with Crippen molar-refractivity contribution in [3.63, 3.8) is 0 Å². The van der Waals surface area contributed by atoms with Crippen molar-refractivity contribution in [3.05, 3.63) is 48.0 Å². The topological polar surface area (TPSA) is 37.3 Å². The van der Waals surface area contributed by atoms with Crippen molar-refractivity contribution in [1.29, 1.82) is 0 Å². The number of hydrogen-bond acceptors (Lipinski definition) is 1. The first-order valence-electron chi connectivity index (χ1n) is 4.00. The molecule has 0 aliphatic heterocycles. The summed E-state index contributed by atoms with van der Waals surface area (Å²) in [5.74, 6) is -0.878. The van der Waals surface area contributed by atoms with E-state index in [1.54, 1.807) is 12.1 Å². The van der Waals surface area contributed by atoms with Gasteiger partial charge in [-0.25, -0.2) is 4.79 Å². The molecule has 0 heterocycles. The average molecular weight is 290 g/mol. The van der Waals surface area contributed by atoms with E-state index < -0.39 is 5.97 Å². The molecular weight excluding hydrogens is 282 g/mol. The van der Waals surface area contributed by atoms with Crippen LogP contribution in [0.2, 0.25) is 0 Å². The molecule has 0 aliphatic carbocycles. The van der Waals surface area contributed by atoms with Crippen LogP contribution in [-0.2, 0) is 33.3 Å². The molecule has 0 aliphatic rings. The van der Waals surface area contributed by atoms with Crippen LogP contribution in [0.25, 0.3) is 10.8 Å². The second-order valence-electron chi connectivity index (χ2n) is 2.83. The predicted molar refractivity (Wildman–Crippen MR) is 50.9 cm³/mol. The van der Waals surface area contributed by atoms with Crippen LogP contribution in [0.5, 0.6) is 0 Å². The molecule has 0 aromatic heterocycles. The Morgan fingerprint density at radius 1 is 1.00 bits per heavy atom. The van der Waals surface area contributed by atoms with Crippen LogP contribution in [0.1, 0.15) is 10.4 Å². The van der Waals surface area contributed by atoms with Gasteiger partial charge >= 0.3 is 5.97 Å². The summed E-state index contributed by atoms with van der Waals surface area (Å²) in [6, 6.07) is 12.7. The van der Waals surface area contributed by atoms with Gasteiger partial charge in [0.05, 0.1) is 5.56 Å². The summed E-state index contributed by atoms with van der Waals surface area (Å²) in [5, 5.41) is 10.6. The first-order chi connectivity index (χ1) is 6.29. The largest absolute Gasteiger partial charge is 0.478 e. The van der Waals surface area contributed by atoms with Crippen molar-refractivity contribution in [3.8, 4) is 0 Å². The Morgan fingerprint density at radius 3 is 2.27 bits per heavy atom. The van der Waals surface area contributed by atoms with Crippen molar-refractivity contribution in [2.75, 3.05) is 0 Å². The molecular formula is C11H8CoNiO2. The summed E-state index contributed by atoms with van der Waals surface area (Å²) in [7, 11) is 0. The molecule has 2 aromatic carbocycles.